The predicted molar refractivity (Wildman–Crippen MR) is 58.8 cm³/mol. The largest absolute Gasteiger partial charge is 0.386 e. The minimum absolute atomic E-state index is 0.162. The number of carbonyl (C=O) groups is 1. The van der Waals surface area contributed by atoms with Crippen LogP contribution in [-0.2, 0) is 0 Å². The zero-order valence-electron chi connectivity index (χ0n) is 9.23. The van der Waals surface area contributed by atoms with E-state index in [4.69, 9.17) is 5.73 Å². The molecule has 0 bridgehead atoms. The summed E-state index contributed by atoms with van der Waals surface area (Å²) < 4.78 is 0. The fourth-order valence-electron chi connectivity index (χ4n) is 2.05. The van der Waals surface area contributed by atoms with Crippen molar-refractivity contribution in [2.24, 2.45) is 0 Å². The number of likely N-dealkylation sites (tertiary alicyclic amines) is 1. The molecule has 2 rings (SSSR count). The van der Waals surface area contributed by atoms with Gasteiger partial charge in [-0.3, -0.25) is 9.89 Å². The van der Waals surface area contributed by atoms with E-state index in [1.54, 1.807) is 4.90 Å². The van der Waals surface area contributed by atoms with Crippen LogP contribution in [0.15, 0.2) is 6.07 Å². The van der Waals surface area contributed by atoms with E-state index in [1.807, 2.05) is 6.92 Å². The topological polar surface area (TPSA) is 95.2 Å². The lowest BCUT2D eigenvalue weighted by Crippen LogP contribution is -2.63. The van der Waals surface area contributed by atoms with E-state index < -0.39 is 5.60 Å². The van der Waals surface area contributed by atoms with Gasteiger partial charge in [-0.1, -0.05) is 13.3 Å². The number of rotatable bonds is 3. The van der Waals surface area contributed by atoms with Gasteiger partial charge < -0.3 is 15.7 Å². The van der Waals surface area contributed by atoms with Crippen LogP contribution in [0.5, 0.6) is 0 Å². The number of H-pyrrole nitrogens is 1. The van der Waals surface area contributed by atoms with Crippen LogP contribution in [0.4, 0.5) is 5.82 Å². The molecule has 4 N–H and O–H groups in total. The lowest BCUT2D eigenvalue weighted by atomic mass is 9.89. The molecule has 1 aromatic heterocycles. The number of aromatic nitrogens is 2. The molecule has 2 heterocycles. The Morgan fingerprint density at radius 2 is 2.44 bits per heavy atom. The smallest absolute Gasteiger partial charge is 0.272 e. The van der Waals surface area contributed by atoms with Crippen LogP contribution < -0.4 is 5.73 Å². The van der Waals surface area contributed by atoms with E-state index in [9.17, 15) is 9.90 Å². The number of anilines is 1. The average molecular weight is 224 g/mol. The van der Waals surface area contributed by atoms with Crippen LogP contribution >= 0.6 is 0 Å². The molecule has 0 saturated carbocycles. The van der Waals surface area contributed by atoms with Gasteiger partial charge in [0.1, 0.15) is 11.5 Å². The maximum Gasteiger partial charge on any atom is 0.272 e. The molecule has 0 unspecified atom stereocenters. The minimum atomic E-state index is -0.698. The highest BCUT2D eigenvalue weighted by atomic mass is 16.3. The summed E-state index contributed by atoms with van der Waals surface area (Å²) in [6, 6.07) is 1.50. The van der Waals surface area contributed by atoms with Crippen molar-refractivity contribution >= 4 is 11.7 Å². The summed E-state index contributed by atoms with van der Waals surface area (Å²) in [5, 5.41) is 16.2. The fraction of sp³-hybridized carbons (Fsp3) is 0.600. The Kier molecular flexibility index (Phi) is 2.59. The Bertz CT molecular complexity index is 395. The molecule has 0 atom stereocenters. The van der Waals surface area contributed by atoms with E-state index >= 15 is 0 Å². The number of aliphatic hydroxyl groups is 1. The Labute approximate surface area is 93.4 Å². The van der Waals surface area contributed by atoms with Crippen molar-refractivity contribution in [2.45, 2.75) is 25.4 Å². The molecule has 88 valence electrons. The molecule has 0 spiro atoms. The Hall–Kier alpha value is -1.56. The van der Waals surface area contributed by atoms with E-state index in [2.05, 4.69) is 10.2 Å². The number of amides is 1. The van der Waals surface area contributed by atoms with Gasteiger partial charge in [0.25, 0.3) is 5.91 Å². The molecule has 0 radical (unpaired) electrons. The molecule has 1 aliphatic heterocycles. The van der Waals surface area contributed by atoms with Crippen molar-refractivity contribution in [3.05, 3.63) is 11.8 Å². The molecule has 1 amide bonds. The number of nitrogens with one attached hydrogen (secondary N) is 1. The summed E-state index contributed by atoms with van der Waals surface area (Å²) >= 11 is 0. The van der Waals surface area contributed by atoms with Crippen molar-refractivity contribution in [1.29, 1.82) is 0 Å². The van der Waals surface area contributed by atoms with Gasteiger partial charge in [0.2, 0.25) is 0 Å². The van der Waals surface area contributed by atoms with Gasteiger partial charge in [-0.2, -0.15) is 5.10 Å². The lowest BCUT2D eigenvalue weighted by Gasteiger charge is -2.46. The van der Waals surface area contributed by atoms with Gasteiger partial charge >= 0.3 is 0 Å². The van der Waals surface area contributed by atoms with E-state index in [-0.39, 0.29) is 5.91 Å². The van der Waals surface area contributed by atoms with E-state index in [1.165, 1.54) is 6.07 Å². The number of aromatic amines is 1. The second-order valence-electron chi connectivity index (χ2n) is 4.34. The SMILES string of the molecule is CCCC1(O)CN(C(=O)c2cc(N)n[nH]2)C1. The van der Waals surface area contributed by atoms with Gasteiger partial charge in [-0.15, -0.1) is 0 Å². The standard InChI is InChI=1S/C10H16N4O2/c1-2-3-10(16)5-14(6-10)9(15)7-4-8(11)13-12-7/h4,16H,2-3,5-6H2,1H3,(H3,11,12,13). The maximum atomic E-state index is 11.8. The summed E-state index contributed by atoms with van der Waals surface area (Å²) in [6.07, 6.45) is 1.64. The Morgan fingerprint density at radius 3 is 2.94 bits per heavy atom. The summed E-state index contributed by atoms with van der Waals surface area (Å²) in [6.45, 7) is 2.79. The molecule has 0 aromatic carbocycles. The molecule has 6 heteroatoms. The second-order valence-corrected chi connectivity index (χ2v) is 4.34. The lowest BCUT2D eigenvalue weighted by molar-refractivity contribution is -0.0861. The second kappa shape index (κ2) is 3.79. The maximum absolute atomic E-state index is 11.8. The molecular formula is C10H16N4O2. The van der Waals surface area contributed by atoms with Gasteiger partial charge in [0.15, 0.2) is 0 Å². The van der Waals surface area contributed by atoms with Crippen LogP contribution in [0, 0.1) is 0 Å². The number of nitrogen functional groups attached to an aromatic ring is 1. The fourth-order valence-corrected chi connectivity index (χ4v) is 2.05. The summed E-state index contributed by atoms with van der Waals surface area (Å²) in [7, 11) is 0. The van der Waals surface area contributed by atoms with Crippen LogP contribution in [0.25, 0.3) is 0 Å². The Morgan fingerprint density at radius 1 is 1.75 bits per heavy atom. The van der Waals surface area contributed by atoms with Crippen molar-refractivity contribution in [2.75, 3.05) is 18.8 Å². The number of hydrogen-bond donors (Lipinski definition) is 3. The number of β-amino-alcohol motifs (C(OH)–C–C–N with tert-alkyl or cyclic N) is 1. The Balaban J connectivity index is 1.95. The predicted octanol–water partition coefficient (Wildman–Crippen LogP) is -0.0211. The molecule has 0 aliphatic carbocycles. The van der Waals surface area contributed by atoms with Crippen LogP contribution in [0.1, 0.15) is 30.3 Å². The van der Waals surface area contributed by atoms with Crippen molar-refractivity contribution in [3.63, 3.8) is 0 Å². The van der Waals surface area contributed by atoms with Crippen LogP contribution in [-0.4, -0.2) is 44.8 Å². The first kappa shape index (κ1) is 10.9. The normalized spacial score (nSPS) is 18.2. The van der Waals surface area contributed by atoms with Crippen LogP contribution in [0.3, 0.4) is 0 Å². The first-order valence-electron chi connectivity index (χ1n) is 5.36. The number of nitrogens with zero attached hydrogens (tertiary/aromatic N) is 2. The van der Waals surface area contributed by atoms with Gasteiger partial charge in [-0.05, 0) is 6.42 Å². The number of hydrogen-bond acceptors (Lipinski definition) is 4. The molecule has 6 nitrogen and oxygen atoms in total. The molecule has 1 aliphatic rings. The first-order valence-corrected chi connectivity index (χ1v) is 5.36. The number of carbonyl (C=O) groups excluding carboxylic acids is 1. The summed E-state index contributed by atoms with van der Waals surface area (Å²) in [5.41, 5.74) is 5.09. The van der Waals surface area contributed by atoms with Crippen molar-refractivity contribution in [3.8, 4) is 0 Å². The van der Waals surface area contributed by atoms with Crippen molar-refractivity contribution < 1.29 is 9.90 Å². The highest BCUT2D eigenvalue weighted by Gasteiger charge is 2.43. The quantitative estimate of drug-likeness (QED) is 0.672. The van der Waals surface area contributed by atoms with Gasteiger partial charge in [0, 0.05) is 6.07 Å². The van der Waals surface area contributed by atoms with Crippen LogP contribution in [0.2, 0.25) is 0 Å². The van der Waals surface area contributed by atoms with E-state index in [0.717, 1.165) is 12.8 Å². The average Bonchev–Trinajstić information content (AvgIpc) is 2.60. The highest BCUT2D eigenvalue weighted by Crippen LogP contribution is 2.26. The van der Waals surface area contributed by atoms with Gasteiger partial charge in [-0.25, -0.2) is 0 Å². The van der Waals surface area contributed by atoms with E-state index in [0.29, 0.717) is 24.6 Å². The molecular weight excluding hydrogens is 208 g/mol. The monoisotopic (exact) mass is 224 g/mol. The third-order valence-electron chi connectivity index (χ3n) is 2.80. The van der Waals surface area contributed by atoms with Crippen molar-refractivity contribution in [1.82, 2.24) is 15.1 Å². The number of nitrogens with two attached hydrogens (primary N) is 1. The third kappa shape index (κ3) is 1.88. The minimum Gasteiger partial charge on any atom is -0.386 e. The van der Waals surface area contributed by atoms with Gasteiger partial charge in [0.05, 0.1) is 18.7 Å². The highest BCUT2D eigenvalue weighted by molar-refractivity contribution is 5.93. The summed E-state index contributed by atoms with van der Waals surface area (Å²) in [4.78, 5) is 13.4. The molecule has 16 heavy (non-hydrogen) atoms. The first-order chi connectivity index (χ1) is 7.54. The third-order valence-corrected chi connectivity index (χ3v) is 2.80. The zero-order valence-corrected chi connectivity index (χ0v) is 9.23. The molecule has 1 saturated heterocycles. The molecule has 1 fully saturated rings. The zero-order chi connectivity index (χ0) is 11.8. The molecule has 1 aromatic rings. The summed E-state index contributed by atoms with van der Waals surface area (Å²) in [5.74, 6) is 0.137.